The van der Waals surface area contributed by atoms with Gasteiger partial charge in [-0.1, -0.05) is 34.1 Å². The van der Waals surface area contributed by atoms with E-state index in [2.05, 4.69) is 51.8 Å². The minimum absolute atomic E-state index is 0.00482. The Bertz CT molecular complexity index is 969. The summed E-state index contributed by atoms with van der Waals surface area (Å²) in [5.74, 6) is 0.196. The van der Waals surface area contributed by atoms with Crippen molar-refractivity contribution in [3.63, 3.8) is 0 Å². The number of aliphatic hydroxyl groups excluding tert-OH is 1. The van der Waals surface area contributed by atoms with Gasteiger partial charge in [-0.3, -0.25) is 4.18 Å². The van der Waals surface area contributed by atoms with Crippen molar-refractivity contribution in [1.82, 2.24) is 4.98 Å². The van der Waals surface area contributed by atoms with Gasteiger partial charge in [0.1, 0.15) is 5.60 Å². The van der Waals surface area contributed by atoms with Gasteiger partial charge in [0, 0.05) is 18.4 Å². The molecule has 4 atom stereocenters. The van der Waals surface area contributed by atoms with Gasteiger partial charge in [0.15, 0.2) is 8.32 Å². The Morgan fingerprint density at radius 3 is 2.57 bits per heavy atom. The van der Waals surface area contributed by atoms with E-state index in [1.807, 2.05) is 19.2 Å². The second-order valence-electron chi connectivity index (χ2n) is 11.6. The maximum Gasteiger partial charge on any atom is 0.264 e. The van der Waals surface area contributed by atoms with Crippen LogP contribution in [0.3, 0.4) is 0 Å². The predicted octanol–water partition coefficient (Wildman–Crippen LogP) is 5.55. The molecular weight excluding hydrogens is 502 g/mol. The van der Waals surface area contributed by atoms with Gasteiger partial charge >= 0.3 is 0 Å². The summed E-state index contributed by atoms with van der Waals surface area (Å²) in [6.07, 6.45) is 5.80. The highest BCUT2D eigenvalue weighted by atomic mass is 32.2. The molecule has 1 aliphatic rings. The summed E-state index contributed by atoms with van der Waals surface area (Å²) >= 11 is 1.62. The molecule has 0 radical (unpaired) electrons. The third-order valence-electron chi connectivity index (χ3n) is 7.22. The average molecular weight is 548 g/mol. The number of hydrogen-bond donors (Lipinski definition) is 1. The summed E-state index contributed by atoms with van der Waals surface area (Å²) in [6.45, 7) is 17.4. The van der Waals surface area contributed by atoms with Crippen LogP contribution >= 0.6 is 11.3 Å². The smallest absolute Gasteiger partial charge is 0.264 e. The molecule has 2 heterocycles. The van der Waals surface area contributed by atoms with E-state index in [1.165, 1.54) is 0 Å². The zero-order valence-corrected chi connectivity index (χ0v) is 25.5. The molecule has 10 heteroatoms. The Hall–Kier alpha value is -0.623. The van der Waals surface area contributed by atoms with Gasteiger partial charge < -0.3 is 14.3 Å². The highest BCUT2D eigenvalue weighted by molar-refractivity contribution is 7.85. The first-order valence-corrected chi connectivity index (χ1v) is 18.0. The lowest BCUT2D eigenvalue weighted by Crippen LogP contribution is -2.44. The fourth-order valence-corrected chi connectivity index (χ4v) is 6.14. The Kier molecular flexibility index (Phi) is 10.3. The van der Waals surface area contributed by atoms with E-state index in [4.69, 9.17) is 13.3 Å². The molecule has 1 N–H and O–H groups in total. The fraction of sp³-hybridized carbons (Fsp3) is 0.800. The maximum atomic E-state index is 11.7. The Morgan fingerprint density at radius 2 is 2.06 bits per heavy atom. The summed E-state index contributed by atoms with van der Waals surface area (Å²) in [7, 11) is -5.67. The van der Waals surface area contributed by atoms with Crippen molar-refractivity contribution in [2.24, 2.45) is 5.92 Å². The van der Waals surface area contributed by atoms with E-state index in [1.54, 1.807) is 11.3 Å². The first-order chi connectivity index (χ1) is 16.0. The number of epoxide rings is 1. The highest BCUT2D eigenvalue weighted by Gasteiger charge is 2.57. The van der Waals surface area contributed by atoms with Crippen molar-refractivity contribution in [3.05, 3.63) is 21.7 Å². The van der Waals surface area contributed by atoms with Gasteiger partial charge in [-0.15, -0.1) is 11.3 Å². The number of aliphatic hydroxyl groups is 1. The summed E-state index contributed by atoms with van der Waals surface area (Å²) in [5.41, 5.74) is 1.36. The number of aromatic nitrogens is 1. The molecule has 1 fully saturated rings. The van der Waals surface area contributed by atoms with E-state index in [-0.39, 0.29) is 36.4 Å². The molecule has 1 saturated heterocycles. The number of aryl methyl sites for hydroxylation is 1. The van der Waals surface area contributed by atoms with Crippen LogP contribution in [0.2, 0.25) is 18.1 Å². The van der Waals surface area contributed by atoms with E-state index in [0.717, 1.165) is 35.4 Å². The van der Waals surface area contributed by atoms with E-state index in [0.29, 0.717) is 12.8 Å². The number of nitrogens with zero attached hydrogens (tertiary/aromatic N) is 1. The summed E-state index contributed by atoms with van der Waals surface area (Å²) in [4.78, 5) is 4.58. The fourth-order valence-electron chi connectivity index (χ4n) is 3.81. The van der Waals surface area contributed by atoms with E-state index >= 15 is 0 Å². The van der Waals surface area contributed by atoms with E-state index < -0.39 is 24.0 Å². The Labute approximate surface area is 217 Å². The molecule has 35 heavy (non-hydrogen) atoms. The Balaban J connectivity index is 2.25. The first-order valence-electron chi connectivity index (χ1n) is 12.4. The zero-order chi connectivity index (χ0) is 26.7. The van der Waals surface area contributed by atoms with Crippen molar-refractivity contribution in [1.29, 1.82) is 0 Å². The second kappa shape index (κ2) is 11.8. The number of hydrogen-bond acceptors (Lipinski definition) is 8. The third-order valence-corrected chi connectivity index (χ3v) is 13.0. The monoisotopic (exact) mass is 547 g/mol. The Morgan fingerprint density at radius 1 is 1.40 bits per heavy atom. The van der Waals surface area contributed by atoms with Crippen LogP contribution in [0.5, 0.6) is 0 Å². The second-order valence-corrected chi connectivity index (χ2v) is 19.1. The first kappa shape index (κ1) is 30.6. The van der Waals surface area contributed by atoms with Crippen LogP contribution < -0.4 is 0 Å². The van der Waals surface area contributed by atoms with Gasteiger partial charge in [0.25, 0.3) is 10.1 Å². The quantitative estimate of drug-likeness (QED) is 0.185. The molecule has 2 rings (SSSR count). The molecule has 0 unspecified atom stereocenters. The minimum atomic E-state index is -3.58. The third kappa shape index (κ3) is 9.32. The summed E-state index contributed by atoms with van der Waals surface area (Å²) in [5, 5.41) is 12.5. The topological polar surface area (TPSA) is 98.3 Å². The van der Waals surface area contributed by atoms with Crippen LogP contribution in [0.15, 0.2) is 11.0 Å². The van der Waals surface area contributed by atoms with Crippen molar-refractivity contribution < 1.29 is 26.9 Å². The molecule has 0 aliphatic carbocycles. The summed E-state index contributed by atoms with van der Waals surface area (Å²) < 4.78 is 41.7. The molecule has 1 aromatic rings. The van der Waals surface area contributed by atoms with Crippen LogP contribution in [0.25, 0.3) is 6.08 Å². The molecule has 0 bridgehead atoms. The average Bonchev–Trinajstić information content (AvgIpc) is 3.23. The molecule has 7 nitrogen and oxygen atoms in total. The minimum Gasteiger partial charge on any atom is -0.410 e. The molecule has 0 aromatic carbocycles. The number of thiazole rings is 1. The van der Waals surface area contributed by atoms with Crippen molar-refractivity contribution in [2.75, 3.05) is 19.5 Å². The van der Waals surface area contributed by atoms with Gasteiger partial charge in [-0.25, -0.2) is 4.98 Å². The maximum absolute atomic E-state index is 11.7. The van der Waals surface area contributed by atoms with Crippen LogP contribution in [0.1, 0.15) is 71.0 Å². The molecule has 1 aromatic heterocycles. The molecule has 202 valence electrons. The zero-order valence-electron chi connectivity index (χ0n) is 22.9. The van der Waals surface area contributed by atoms with Crippen LogP contribution in [-0.2, 0) is 23.5 Å². The molecular formula is C25H45NO6S2Si. The van der Waals surface area contributed by atoms with E-state index in [9.17, 15) is 13.5 Å². The lowest BCUT2D eigenvalue weighted by Gasteiger charge is -2.39. The standard InChI is InChI=1S/C25H45NO6S2Si/c1-18(15-27)11-10-12-25(17-30-34(7,28)29)23(31-25)14-22(32-35(8,9)24(4,5)6)19(2)13-21-16-33-20(3)26-21/h13,16,18,22-23,27H,10-12,14-15,17H2,1-9H3/b19-13+/t18-,22-,23-,25-/m0/s1. The predicted molar refractivity (Wildman–Crippen MR) is 146 cm³/mol. The summed E-state index contributed by atoms with van der Waals surface area (Å²) in [6, 6.07) is 0. The van der Waals surface area contributed by atoms with Gasteiger partial charge in [-0.05, 0) is 62.4 Å². The van der Waals surface area contributed by atoms with Gasteiger partial charge in [-0.2, -0.15) is 8.42 Å². The van der Waals surface area contributed by atoms with Crippen molar-refractivity contribution >= 4 is 35.8 Å². The highest BCUT2D eigenvalue weighted by Crippen LogP contribution is 2.47. The van der Waals surface area contributed by atoms with Crippen LogP contribution in [0.4, 0.5) is 0 Å². The lowest BCUT2D eigenvalue weighted by molar-refractivity contribution is 0.172. The molecule has 0 spiro atoms. The largest absolute Gasteiger partial charge is 0.410 e. The van der Waals surface area contributed by atoms with Gasteiger partial charge in [0.2, 0.25) is 0 Å². The normalized spacial score (nSPS) is 23.4. The lowest BCUT2D eigenvalue weighted by atomic mass is 9.92. The molecule has 0 saturated carbocycles. The number of ether oxygens (including phenoxy) is 1. The number of rotatable bonds is 14. The van der Waals surface area contributed by atoms with Crippen molar-refractivity contribution in [2.45, 2.75) is 103 Å². The molecule has 0 amide bonds. The van der Waals surface area contributed by atoms with Gasteiger partial charge in [0.05, 0.1) is 35.8 Å². The molecule has 1 aliphatic heterocycles. The SMILES string of the molecule is C/C(=C\c1csc(C)n1)[C@H](C[C@@H]1O[C@@]1(CCC[C@H](C)CO)COS(C)(=O)=O)O[Si](C)(C)C(C)(C)C. The van der Waals surface area contributed by atoms with Crippen LogP contribution in [0, 0.1) is 12.8 Å². The van der Waals surface area contributed by atoms with Crippen LogP contribution in [-0.4, -0.2) is 64.1 Å². The van der Waals surface area contributed by atoms with Crippen molar-refractivity contribution in [3.8, 4) is 0 Å².